The highest BCUT2D eigenvalue weighted by Gasteiger charge is 2.15. The summed E-state index contributed by atoms with van der Waals surface area (Å²) in [6, 6.07) is 5.58. The first-order chi connectivity index (χ1) is 7.93. The van der Waals surface area contributed by atoms with Gasteiger partial charge in [-0.25, -0.2) is 4.79 Å². The minimum absolute atomic E-state index is 0.192. The number of aromatic nitrogens is 1. The van der Waals surface area contributed by atoms with E-state index in [0.29, 0.717) is 12.1 Å². The molecule has 0 bridgehead atoms. The first kappa shape index (κ1) is 11.7. The summed E-state index contributed by atoms with van der Waals surface area (Å²) in [6.45, 7) is 4.54. The molecule has 1 aromatic carbocycles. The summed E-state index contributed by atoms with van der Waals surface area (Å²) in [5, 5.41) is 3.29. The maximum Gasteiger partial charge on any atom is 0.419 e. The summed E-state index contributed by atoms with van der Waals surface area (Å²) in [5.41, 5.74) is 7.72. The molecule has 2 aromatic rings. The largest absolute Gasteiger partial charge is 0.419 e. The number of anilines is 1. The zero-order chi connectivity index (χ0) is 12.6. The van der Waals surface area contributed by atoms with Gasteiger partial charge < -0.3 is 15.5 Å². The highest BCUT2D eigenvalue weighted by Crippen LogP contribution is 2.20. The lowest BCUT2D eigenvalue weighted by atomic mass is 10.1. The molecule has 0 aliphatic carbocycles. The molecule has 0 spiro atoms. The molecule has 5 nitrogen and oxygen atoms in total. The molecule has 0 unspecified atom stereocenters. The molecule has 0 aliphatic heterocycles. The lowest BCUT2D eigenvalue weighted by molar-refractivity contribution is 0.528. The molecule has 0 saturated carbocycles. The van der Waals surface area contributed by atoms with E-state index in [2.05, 4.69) is 5.32 Å². The Bertz CT molecular complexity index is 595. The van der Waals surface area contributed by atoms with Gasteiger partial charge in [-0.2, -0.15) is 0 Å². The summed E-state index contributed by atoms with van der Waals surface area (Å²) < 4.78 is 6.60. The fourth-order valence-electron chi connectivity index (χ4n) is 1.65. The summed E-state index contributed by atoms with van der Waals surface area (Å²) in [4.78, 5) is 11.3. The minimum Gasteiger partial charge on any atom is -0.408 e. The zero-order valence-corrected chi connectivity index (χ0v) is 10.3. The van der Waals surface area contributed by atoms with Crippen molar-refractivity contribution in [1.29, 1.82) is 0 Å². The first-order valence-corrected chi connectivity index (χ1v) is 5.51. The number of fused-ring (bicyclic) bond motifs is 1. The van der Waals surface area contributed by atoms with Crippen LogP contribution in [0.15, 0.2) is 27.4 Å². The summed E-state index contributed by atoms with van der Waals surface area (Å²) in [6.07, 6.45) is 0. The molecule has 2 rings (SSSR count). The number of hydrogen-bond donors (Lipinski definition) is 2. The lowest BCUT2D eigenvalue weighted by Gasteiger charge is -2.25. The molecule has 0 amide bonds. The van der Waals surface area contributed by atoms with Crippen molar-refractivity contribution in [2.75, 3.05) is 11.9 Å². The van der Waals surface area contributed by atoms with E-state index in [1.165, 1.54) is 4.57 Å². The van der Waals surface area contributed by atoms with Gasteiger partial charge in [0, 0.05) is 30.9 Å². The summed E-state index contributed by atoms with van der Waals surface area (Å²) >= 11 is 0. The normalized spacial score (nSPS) is 12.0. The van der Waals surface area contributed by atoms with Gasteiger partial charge in [0.25, 0.3) is 0 Å². The number of benzene rings is 1. The van der Waals surface area contributed by atoms with Crippen molar-refractivity contribution < 1.29 is 4.42 Å². The quantitative estimate of drug-likeness (QED) is 0.840. The van der Waals surface area contributed by atoms with E-state index in [-0.39, 0.29) is 11.3 Å². The molecule has 5 heteroatoms. The van der Waals surface area contributed by atoms with Gasteiger partial charge >= 0.3 is 5.76 Å². The van der Waals surface area contributed by atoms with Crippen molar-refractivity contribution in [3.8, 4) is 0 Å². The van der Waals surface area contributed by atoms with Crippen molar-refractivity contribution in [3.63, 3.8) is 0 Å². The third-order valence-corrected chi connectivity index (χ3v) is 2.79. The van der Waals surface area contributed by atoms with E-state index in [0.717, 1.165) is 11.2 Å². The van der Waals surface area contributed by atoms with E-state index in [1.807, 2.05) is 32.0 Å². The van der Waals surface area contributed by atoms with Crippen LogP contribution in [0.5, 0.6) is 0 Å². The monoisotopic (exact) mass is 235 g/mol. The topological polar surface area (TPSA) is 73.2 Å². The standard InChI is InChI=1S/C12H17N3O2/c1-12(2,7-13)14-8-4-5-9-10(6-8)17-11(16)15(9)3/h4-6,14H,7,13H2,1-3H3. The third-order valence-electron chi connectivity index (χ3n) is 2.79. The zero-order valence-electron chi connectivity index (χ0n) is 10.3. The van der Waals surface area contributed by atoms with E-state index in [1.54, 1.807) is 7.05 Å². The number of nitrogens with one attached hydrogen (secondary N) is 1. The van der Waals surface area contributed by atoms with Crippen molar-refractivity contribution in [2.24, 2.45) is 12.8 Å². The van der Waals surface area contributed by atoms with Crippen LogP contribution in [0.25, 0.3) is 11.1 Å². The van der Waals surface area contributed by atoms with Crippen LogP contribution in [0.4, 0.5) is 5.69 Å². The van der Waals surface area contributed by atoms with Gasteiger partial charge in [-0.15, -0.1) is 0 Å². The molecule has 0 fully saturated rings. The molecule has 1 aromatic heterocycles. The van der Waals surface area contributed by atoms with Gasteiger partial charge in [0.2, 0.25) is 0 Å². The van der Waals surface area contributed by atoms with Crippen LogP contribution >= 0.6 is 0 Å². The fourth-order valence-corrected chi connectivity index (χ4v) is 1.65. The smallest absolute Gasteiger partial charge is 0.408 e. The van der Waals surface area contributed by atoms with E-state index >= 15 is 0 Å². The molecule has 17 heavy (non-hydrogen) atoms. The molecule has 0 atom stereocenters. The molecule has 1 heterocycles. The molecular formula is C12H17N3O2. The number of aryl methyl sites for hydroxylation is 1. The Morgan fingerprint density at radius 2 is 2.18 bits per heavy atom. The molecular weight excluding hydrogens is 218 g/mol. The van der Waals surface area contributed by atoms with E-state index in [4.69, 9.17) is 10.2 Å². The Labute approximate surface area is 99.2 Å². The predicted molar refractivity (Wildman–Crippen MR) is 68.2 cm³/mol. The number of nitrogens with two attached hydrogens (primary N) is 1. The summed E-state index contributed by atoms with van der Waals surface area (Å²) in [5.74, 6) is -0.352. The molecule has 0 radical (unpaired) electrons. The van der Waals surface area contributed by atoms with Crippen LogP contribution in [0.1, 0.15) is 13.8 Å². The first-order valence-electron chi connectivity index (χ1n) is 5.51. The van der Waals surface area contributed by atoms with Crippen molar-refractivity contribution >= 4 is 16.8 Å². The van der Waals surface area contributed by atoms with Crippen LogP contribution in [-0.2, 0) is 7.05 Å². The molecule has 0 saturated heterocycles. The van der Waals surface area contributed by atoms with Gasteiger partial charge in [0.05, 0.1) is 5.52 Å². The number of hydrogen-bond acceptors (Lipinski definition) is 4. The lowest BCUT2D eigenvalue weighted by Crippen LogP contribution is -2.39. The Kier molecular flexibility index (Phi) is 2.71. The van der Waals surface area contributed by atoms with Crippen LogP contribution in [0.3, 0.4) is 0 Å². The van der Waals surface area contributed by atoms with Gasteiger partial charge in [-0.05, 0) is 26.0 Å². The van der Waals surface area contributed by atoms with Crippen LogP contribution < -0.4 is 16.8 Å². The van der Waals surface area contributed by atoms with Gasteiger partial charge in [0.1, 0.15) is 0 Å². The maximum atomic E-state index is 11.3. The second-order valence-corrected chi connectivity index (χ2v) is 4.82. The Morgan fingerprint density at radius 1 is 1.47 bits per heavy atom. The molecule has 3 N–H and O–H groups in total. The Morgan fingerprint density at radius 3 is 2.82 bits per heavy atom. The number of rotatable bonds is 3. The van der Waals surface area contributed by atoms with Gasteiger partial charge in [0.15, 0.2) is 5.58 Å². The average Bonchev–Trinajstić information content (AvgIpc) is 2.54. The number of nitrogens with zero attached hydrogens (tertiary/aromatic N) is 1. The van der Waals surface area contributed by atoms with E-state index in [9.17, 15) is 4.79 Å². The van der Waals surface area contributed by atoms with Gasteiger partial charge in [-0.1, -0.05) is 0 Å². The maximum absolute atomic E-state index is 11.3. The molecule has 0 aliphatic rings. The predicted octanol–water partition coefficient (Wildman–Crippen LogP) is 1.28. The Balaban J connectivity index is 2.42. The van der Waals surface area contributed by atoms with Gasteiger partial charge in [-0.3, -0.25) is 4.57 Å². The van der Waals surface area contributed by atoms with Crippen LogP contribution in [0.2, 0.25) is 0 Å². The highest BCUT2D eigenvalue weighted by molar-refractivity contribution is 5.77. The summed E-state index contributed by atoms with van der Waals surface area (Å²) in [7, 11) is 1.69. The van der Waals surface area contributed by atoms with Crippen molar-refractivity contribution in [3.05, 3.63) is 28.7 Å². The van der Waals surface area contributed by atoms with Crippen LogP contribution in [-0.4, -0.2) is 16.7 Å². The average molecular weight is 235 g/mol. The minimum atomic E-state index is -0.352. The van der Waals surface area contributed by atoms with Crippen molar-refractivity contribution in [2.45, 2.75) is 19.4 Å². The van der Waals surface area contributed by atoms with E-state index < -0.39 is 0 Å². The second kappa shape index (κ2) is 3.92. The molecule has 92 valence electrons. The third kappa shape index (κ3) is 2.19. The van der Waals surface area contributed by atoms with Crippen molar-refractivity contribution in [1.82, 2.24) is 4.57 Å². The SMILES string of the molecule is Cn1c(=O)oc2cc(NC(C)(C)CN)ccc21. The second-order valence-electron chi connectivity index (χ2n) is 4.82. The van der Waals surface area contributed by atoms with Crippen LogP contribution in [0, 0.1) is 0 Å². The fraction of sp³-hybridized carbons (Fsp3) is 0.417. The highest BCUT2D eigenvalue weighted by atomic mass is 16.4. The Hall–Kier alpha value is -1.75. The number of oxazole rings is 1.